The molecule has 0 aliphatic heterocycles. The molecule has 0 unspecified atom stereocenters. The van der Waals surface area contributed by atoms with Crippen molar-refractivity contribution in [1.29, 1.82) is 0 Å². The van der Waals surface area contributed by atoms with E-state index in [0.29, 0.717) is 21.2 Å². The van der Waals surface area contributed by atoms with E-state index in [0.717, 1.165) is 4.90 Å². The van der Waals surface area contributed by atoms with Crippen LogP contribution in [0, 0.1) is 0 Å². The monoisotopic (exact) mass is 474 g/mol. The van der Waals surface area contributed by atoms with E-state index in [1.54, 1.807) is 48.5 Å². The Balaban J connectivity index is 2.33. The summed E-state index contributed by atoms with van der Waals surface area (Å²) >= 11 is 13.4. The van der Waals surface area contributed by atoms with Gasteiger partial charge in [-0.25, -0.2) is 0 Å². The van der Waals surface area contributed by atoms with E-state index in [2.05, 4.69) is 0 Å². The summed E-state index contributed by atoms with van der Waals surface area (Å²) < 4.78 is 8.94. The van der Waals surface area contributed by atoms with E-state index in [4.69, 9.17) is 32.7 Å². The maximum absolute atomic E-state index is 13.5. The van der Waals surface area contributed by atoms with Crippen LogP contribution in [0.25, 0.3) is 0 Å². The summed E-state index contributed by atoms with van der Waals surface area (Å²) in [6, 6.07) is 22.9. The van der Waals surface area contributed by atoms with E-state index in [1.165, 1.54) is 26.0 Å². The maximum Gasteiger partial charge on any atom is 0.328 e. The molecular weight excluding hydrogens is 455 g/mol. The molecule has 0 heterocycles. The van der Waals surface area contributed by atoms with Crippen molar-refractivity contribution >= 4 is 46.9 Å². The molecule has 0 bridgehead atoms. The molecule has 0 saturated heterocycles. The normalized spacial score (nSPS) is 13.7. The first-order valence-corrected chi connectivity index (χ1v) is 10.9. The molecule has 2 atom stereocenters. The zero-order valence-corrected chi connectivity index (χ0v) is 19.2. The lowest BCUT2D eigenvalue weighted by Gasteiger charge is -2.37. The molecule has 0 aliphatic carbocycles. The van der Waals surface area contributed by atoms with Gasteiger partial charge >= 0.3 is 11.9 Å². The number of rotatable bonds is 7. The largest absolute Gasteiger partial charge is 0.468 e. The van der Waals surface area contributed by atoms with Crippen molar-refractivity contribution in [3.05, 3.63) is 100 Å². The highest BCUT2D eigenvalue weighted by molar-refractivity contribution is 8.01. The van der Waals surface area contributed by atoms with E-state index < -0.39 is 22.6 Å². The smallest absolute Gasteiger partial charge is 0.328 e. The number of thioether (sulfide) groups is 1. The van der Waals surface area contributed by atoms with Gasteiger partial charge in [-0.15, -0.1) is 11.8 Å². The molecule has 0 N–H and O–H groups in total. The van der Waals surface area contributed by atoms with Crippen LogP contribution in [0.2, 0.25) is 10.0 Å². The third kappa shape index (κ3) is 4.90. The van der Waals surface area contributed by atoms with Gasteiger partial charge in [0.15, 0.2) is 4.75 Å². The average Bonchev–Trinajstić information content (AvgIpc) is 2.80. The van der Waals surface area contributed by atoms with Crippen molar-refractivity contribution in [3.63, 3.8) is 0 Å². The Kier molecular flexibility index (Phi) is 7.65. The number of benzene rings is 3. The predicted molar refractivity (Wildman–Crippen MR) is 124 cm³/mol. The van der Waals surface area contributed by atoms with Crippen LogP contribution in [0.5, 0.6) is 0 Å². The number of esters is 2. The van der Waals surface area contributed by atoms with E-state index in [1.807, 2.05) is 30.3 Å². The first-order chi connectivity index (χ1) is 14.9. The van der Waals surface area contributed by atoms with Crippen LogP contribution < -0.4 is 0 Å². The molecular formula is C24H20Cl2O4S. The van der Waals surface area contributed by atoms with Gasteiger partial charge in [0.1, 0.15) is 5.92 Å². The lowest BCUT2D eigenvalue weighted by atomic mass is 9.80. The van der Waals surface area contributed by atoms with Gasteiger partial charge < -0.3 is 9.47 Å². The van der Waals surface area contributed by atoms with Crippen molar-refractivity contribution < 1.29 is 19.1 Å². The van der Waals surface area contributed by atoms with Crippen LogP contribution in [0.4, 0.5) is 0 Å². The van der Waals surface area contributed by atoms with Crippen molar-refractivity contribution in [2.75, 3.05) is 14.2 Å². The van der Waals surface area contributed by atoms with Crippen molar-refractivity contribution in [2.24, 2.45) is 0 Å². The summed E-state index contributed by atoms with van der Waals surface area (Å²) in [5.41, 5.74) is 1.13. The van der Waals surface area contributed by atoms with Crippen LogP contribution in [-0.2, 0) is 23.8 Å². The fourth-order valence-electron chi connectivity index (χ4n) is 3.40. The van der Waals surface area contributed by atoms with Gasteiger partial charge in [0, 0.05) is 14.9 Å². The second-order valence-corrected chi connectivity index (χ2v) is 8.85. The summed E-state index contributed by atoms with van der Waals surface area (Å²) in [6.45, 7) is 0. The highest BCUT2D eigenvalue weighted by Crippen LogP contribution is 2.52. The number of hydrogen-bond acceptors (Lipinski definition) is 5. The number of ether oxygens (including phenoxy) is 2. The Labute approximate surface area is 195 Å². The van der Waals surface area contributed by atoms with Crippen LogP contribution in [-0.4, -0.2) is 26.2 Å². The Bertz CT molecular complexity index is 1040. The number of halogens is 2. The second kappa shape index (κ2) is 10.2. The van der Waals surface area contributed by atoms with Gasteiger partial charge in [0.25, 0.3) is 0 Å². The number of hydrogen-bond donors (Lipinski definition) is 0. The Morgan fingerprint density at radius 2 is 1.35 bits per heavy atom. The summed E-state index contributed by atoms with van der Waals surface area (Å²) in [7, 11) is 2.59. The molecule has 160 valence electrons. The number of methoxy groups -OCH3 is 2. The molecule has 0 aliphatic rings. The summed E-state index contributed by atoms with van der Waals surface area (Å²) in [6.07, 6.45) is 0. The minimum atomic E-state index is -1.48. The topological polar surface area (TPSA) is 52.6 Å². The Hall–Kier alpha value is -2.47. The van der Waals surface area contributed by atoms with Crippen LogP contribution in [0.3, 0.4) is 0 Å². The highest BCUT2D eigenvalue weighted by atomic mass is 35.5. The van der Waals surface area contributed by atoms with Gasteiger partial charge in [-0.2, -0.15) is 0 Å². The van der Waals surface area contributed by atoms with Crippen molar-refractivity contribution in [2.45, 2.75) is 15.6 Å². The van der Waals surface area contributed by atoms with E-state index in [-0.39, 0.29) is 0 Å². The maximum atomic E-state index is 13.5. The summed E-state index contributed by atoms with van der Waals surface area (Å²) in [4.78, 5) is 27.5. The molecule has 4 nitrogen and oxygen atoms in total. The number of carbonyl (C=O) groups is 2. The average molecular weight is 475 g/mol. The van der Waals surface area contributed by atoms with Gasteiger partial charge in [0.2, 0.25) is 0 Å². The third-order valence-electron chi connectivity index (χ3n) is 4.83. The highest BCUT2D eigenvalue weighted by Gasteiger charge is 2.54. The van der Waals surface area contributed by atoms with Crippen molar-refractivity contribution in [3.8, 4) is 0 Å². The first-order valence-electron chi connectivity index (χ1n) is 9.34. The van der Waals surface area contributed by atoms with Crippen molar-refractivity contribution in [1.82, 2.24) is 0 Å². The Morgan fingerprint density at radius 1 is 0.806 bits per heavy atom. The minimum absolute atomic E-state index is 0.508. The van der Waals surface area contributed by atoms with E-state index in [9.17, 15) is 9.59 Å². The Morgan fingerprint density at radius 3 is 1.87 bits per heavy atom. The molecule has 31 heavy (non-hydrogen) atoms. The third-order valence-corrected chi connectivity index (χ3v) is 6.80. The van der Waals surface area contributed by atoms with Gasteiger partial charge in [-0.3, -0.25) is 9.59 Å². The lowest BCUT2D eigenvalue weighted by Crippen LogP contribution is -2.43. The standard InChI is InChI=1S/C24H20Cl2O4S/c1-29-22(27)21(16-8-12-18(25)13-9-16)24(23(28)30-2,17-10-14-19(26)15-11-17)31-20-6-4-3-5-7-20/h3-15,21H,1-2H3/t21-,24-/m0/s1. The van der Waals surface area contributed by atoms with Gasteiger partial charge in [-0.05, 0) is 47.5 Å². The summed E-state index contributed by atoms with van der Waals surface area (Å²) in [5.74, 6) is -2.19. The second-order valence-electron chi connectivity index (χ2n) is 6.66. The molecule has 3 aromatic carbocycles. The number of carbonyl (C=O) groups excluding carboxylic acids is 2. The molecule has 0 saturated carbocycles. The molecule has 0 spiro atoms. The molecule has 3 aromatic rings. The quantitative estimate of drug-likeness (QED) is 0.305. The van der Waals surface area contributed by atoms with Gasteiger partial charge in [0.05, 0.1) is 14.2 Å². The molecule has 7 heteroatoms. The SMILES string of the molecule is COC(=O)[C@H](c1ccc(Cl)cc1)[C@](Sc1ccccc1)(C(=O)OC)c1ccc(Cl)cc1. The molecule has 0 radical (unpaired) electrons. The fourth-order valence-corrected chi connectivity index (χ4v) is 5.08. The van der Waals surface area contributed by atoms with Crippen LogP contribution in [0.15, 0.2) is 83.8 Å². The molecule has 3 rings (SSSR count). The zero-order chi connectivity index (χ0) is 22.4. The minimum Gasteiger partial charge on any atom is -0.468 e. The molecule has 0 amide bonds. The first kappa shape index (κ1) is 23.2. The summed E-state index contributed by atoms with van der Waals surface area (Å²) in [5, 5.41) is 1.02. The lowest BCUT2D eigenvalue weighted by molar-refractivity contribution is -0.152. The van der Waals surface area contributed by atoms with E-state index >= 15 is 0 Å². The fraction of sp³-hybridized carbons (Fsp3) is 0.167. The van der Waals surface area contributed by atoms with Crippen LogP contribution in [0.1, 0.15) is 17.0 Å². The predicted octanol–water partition coefficient (Wildman–Crippen LogP) is 6.11. The molecule has 0 fully saturated rings. The van der Waals surface area contributed by atoms with Gasteiger partial charge in [-0.1, -0.05) is 65.7 Å². The zero-order valence-electron chi connectivity index (χ0n) is 16.9. The van der Waals surface area contributed by atoms with Crippen LogP contribution >= 0.6 is 35.0 Å². The molecule has 0 aromatic heterocycles.